The van der Waals surface area contributed by atoms with Gasteiger partial charge in [0.15, 0.2) is 5.96 Å². The Morgan fingerprint density at radius 1 is 1.28 bits per heavy atom. The summed E-state index contributed by atoms with van der Waals surface area (Å²) in [5.74, 6) is 1.05. The molecule has 2 aliphatic heterocycles. The summed E-state index contributed by atoms with van der Waals surface area (Å²) in [5.41, 5.74) is 1.88. The number of rotatable bonds is 6. The van der Waals surface area contributed by atoms with Gasteiger partial charge in [-0.1, -0.05) is 24.3 Å². The zero-order chi connectivity index (χ0) is 19.9. The summed E-state index contributed by atoms with van der Waals surface area (Å²) in [6, 6.07) is 8.50. The molecule has 1 N–H and O–H groups in total. The van der Waals surface area contributed by atoms with Crippen molar-refractivity contribution in [3.8, 4) is 0 Å². The first-order valence-electron chi connectivity index (χ1n) is 10.3. The molecule has 1 unspecified atom stereocenters. The molecule has 0 saturated carbocycles. The smallest absolute Gasteiger partial charge is 0.253 e. The van der Waals surface area contributed by atoms with E-state index in [0.717, 1.165) is 56.2 Å². The molecule has 2 aliphatic rings. The summed E-state index contributed by atoms with van der Waals surface area (Å²) in [6.07, 6.45) is 6.55. The molecule has 3 rings (SSSR count). The number of hydrogen-bond acceptors (Lipinski definition) is 3. The minimum Gasteiger partial charge on any atom is -0.357 e. The lowest BCUT2D eigenvalue weighted by Crippen LogP contribution is -2.43. The molecule has 1 atom stereocenters. The van der Waals surface area contributed by atoms with Gasteiger partial charge >= 0.3 is 0 Å². The highest BCUT2D eigenvalue weighted by Crippen LogP contribution is 2.18. The minimum absolute atomic E-state index is 0. The van der Waals surface area contributed by atoms with Crippen LogP contribution in [0.25, 0.3) is 0 Å². The van der Waals surface area contributed by atoms with Crippen molar-refractivity contribution in [1.29, 1.82) is 0 Å². The molecule has 1 fully saturated rings. The van der Waals surface area contributed by atoms with Crippen molar-refractivity contribution in [2.45, 2.75) is 25.8 Å². The number of halogens is 1. The molecule has 0 aliphatic carbocycles. The molecule has 2 heterocycles. The van der Waals surface area contributed by atoms with Gasteiger partial charge in [0.1, 0.15) is 0 Å². The zero-order valence-electron chi connectivity index (χ0n) is 17.8. The highest BCUT2D eigenvalue weighted by molar-refractivity contribution is 14.0. The lowest BCUT2D eigenvalue weighted by Gasteiger charge is -2.25. The Labute approximate surface area is 192 Å². The van der Waals surface area contributed by atoms with Crippen LogP contribution in [0.2, 0.25) is 0 Å². The number of nitrogens with one attached hydrogen (secondary N) is 1. The van der Waals surface area contributed by atoms with Crippen LogP contribution in [0.1, 0.15) is 29.3 Å². The van der Waals surface area contributed by atoms with Crippen molar-refractivity contribution in [3.05, 3.63) is 47.5 Å². The van der Waals surface area contributed by atoms with E-state index in [2.05, 4.69) is 40.3 Å². The van der Waals surface area contributed by atoms with E-state index >= 15 is 0 Å². The Balaban J connectivity index is 0.00000300. The normalized spacial score (nSPS) is 19.3. The first kappa shape index (κ1) is 23.7. The predicted octanol–water partition coefficient (Wildman–Crippen LogP) is 2.46. The van der Waals surface area contributed by atoms with Gasteiger partial charge in [0.25, 0.3) is 5.91 Å². The van der Waals surface area contributed by atoms with Crippen LogP contribution in [0, 0.1) is 0 Å². The quantitative estimate of drug-likeness (QED) is 0.276. The molecule has 0 spiro atoms. The molecule has 160 valence electrons. The van der Waals surface area contributed by atoms with Crippen LogP contribution in [0.5, 0.6) is 0 Å². The van der Waals surface area contributed by atoms with Crippen LogP contribution in [0.15, 0.2) is 41.4 Å². The second kappa shape index (κ2) is 11.5. The van der Waals surface area contributed by atoms with Gasteiger partial charge in [-0.3, -0.25) is 14.7 Å². The molecule has 1 aromatic carbocycles. The van der Waals surface area contributed by atoms with Crippen LogP contribution in [-0.2, 0) is 6.42 Å². The van der Waals surface area contributed by atoms with Gasteiger partial charge < -0.3 is 15.1 Å². The summed E-state index contributed by atoms with van der Waals surface area (Å²) in [5, 5.41) is 3.45. The number of carbonyl (C=O) groups is 1. The molecule has 29 heavy (non-hydrogen) atoms. The Morgan fingerprint density at radius 3 is 2.72 bits per heavy atom. The number of aliphatic imine (C=N–C) groups is 1. The van der Waals surface area contributed by atoms with Gasteiger partial charge in [0, 0.05) is 65.0 Å². The average Bonchev–Trinajstić information content (AvgIpc) is 3.38. The maximum absolute atomic E-state index is 12.2. The summed E-state index contributed by atoms with van der Waals surface area (Å²) < 4.78 is 0. The Bertz CT molecular complexity index is 726. The van der Waals surface area contributed by atoms with E-state index in [0.29, 0.717) is 12.6 Å². The highest BCUT2D eigenvalue weighted by Gasteiger charge is 2.29. The van der Waals surface area contributed by atoms with E-state index < -0.39 is 0 Å². The lowest BCUT2D eigenvalue weighted by molar-refractivity contribution is 0.0827. The van der Waals surface area contributed by atoms with Crippen molar-refractivity contribution in [2.75, 3.05) is 53.4 Å². The number of hydrogen-bond donors (Lipinski definition) is 1. The van der Waals surface area contributed by atoms with Crippen molar-refractivity contribution in [1.82, 2.24) is 20.0 Å². The van der Waals surface area contributed by atoms with Crippen LogP contribution < -0.4 is 5.32 Å². The number of likely N-dealkylation sites (tertiary alicyclic amines) is 1. The SMILES string of the molecule is CCNC(=NCCc1cccc(C(=O)N(C)C)c1)N1CCC(N2CC=CC2)C1.I. The summed E-state index contributed by atoms with van der Waals surface area (Å²) in [6.45, 7) is 7.96. The van der Waals surface area contributed by atoms with E-state index in [1.807, 2.05) is 18.2 Å². The number of nitrogens with zero attached hydrogens (tertiary/aromatic N) is 4. The van der Waals surface area contributed by atoms with Crippen molar-refractivity contribution >= 4 is 35.8 Å². The van der Waals surface area contributed by atoms with Gasteiger partial charge in [-0.05, 0) is 37.5 Å². The molecular formula is C22H34IN5O. The van der Waals surface area contributed by atoms with Crippen molar-refractivity contribution in [2.24, 2.45) is 4.99 Å². The summed E-state index contributed by atoms with van der Waals surface area (Å²) in [4.78, 5) is 23.6. The van der Waals surface area contributed by atoms with E-state index in [4.69, 9.17) is 4.99 Å². The van der Waals surface area contributed by atoms with Crippen LogP contribution >= 0.6 is 24.0 Å². The summed E-state index contributed by atoms with van der Waals surface area (Å²) >= 11 is 0. The highest BCUT2D eigenvalue weighted by atomic mass is 127. The fourth-order valence-corrected chi connectivity index (χ4v) is 3.86. The Morgan fingerprint density at radius 2 is 2.03 bits per heavy atom. The maximum atomic E-state index is 12.2. The molecule has 0 radical (unpaired) electrons. The van der Waals surface area contributed by atoms with E-state index in [1.165, 1.54) is 6.42 Å². The largest absolute Gasteiger partial charge is 0.357 e. The Hall–Kier alpha value is -1.61. The number of carbonyl (C=O) groups excluding carboxylic acids is 1. The molecule has 7 heteroatoms. The predicted molar refractivity (Wildman–Crippen MR) is 130 cm³/mol. The number of benzene rings is 1. The fraction of sp³-hybridized carbons (Fsp3) is 0.545. The second-order valence-corrected chi connectivity index (χ2v) is 7.70. The van der Waals surface area contributed by atoms with Gasteiger partial charge in [-0.25, -0.2) is 0 Å². The molecule has 0 bridgehead atoms. The van der Waals surface area contributed by atoms with Crippen LogP contribution in [0.4, 0.5) is 0 Å². The van der Waals surface area contributed by atoms with Crippen LogP contribution in [-0.4, -0.2) is 86.0 Å². The lowest BCUT2D eigenvalue weighted by atomic mass is 10.1. The molecule has 0 aromatic heterocycles. The van der Waals surface area contributed by atoms with Gasteiger partial charge in [-0.2, -0.15) is 0 Å². The number of amides is 1. The van der Waals surface area contributed by atoms with Gasteiger partial charge in [0.05, 0.1) is 0 Å². The third kappa shape index (κ3) is 6.44. The molecule has 1 saturated heterocycles. The van der Waals surface area contributed by atoms with Crippen molar-refractivity contribution < 1.29 is 4.79 Å². The monoisotopic (exact) mass is 511 g/mol. The standard InChI is InChI=1S/C22H33N5O.HI/c1-4-23-22(27-15-11-20(17-27)26-13-5-6-14-26)24-12-10-18-8-7-9-19(16-18)21(28)25(2)3;/h5-9,16,20H,4,10-15,17H2,1-3H3,(H,23,24);1H. The minimum atomic E-state index is 0. The first-order valence-corrected chi connectivity index (χ1v) is 10.3. The molecule has 6 nitrogen and oxygen atoms in total. The fourth-order valence-electron chi connectivity index (χ4n) is 3.86. The van der Waals surface area contributed by atoms with Crippen LogP contribution in [0.3, 0.4) is 0 Å². The van der Waals surface area contributed by atoms with E-state index in [9.17, 15) is 4.79 Å². The summed E-state index contributed by atoms with van der Waals surface area (Å²) in [7, 11) is 3.56. The Kier molecular flexibility index (Phi) is 9.42. The van der Waals surface area contributed by atoms with Gasteiger partial charge in [0.2, 0.25) is 0 Å². The molecule has 1 amide bonds. The maximum Gasteiger partial charge on any atom is 0.253 e. The second-order valence-electron chi connectivity index (χ2n) is 7.70. The first-order chi connectivity index (χ1) is 13.6. The zero-order valence-corrected chi connectivity index (χ0v) is 20.1. The molecule has 1 aromatic rings. The number of guanidine groups is 1. The van der Waals surface area contributed by atoms with E-state index in [1.54, 1.807) is 19.0 Å². The average molecular weight is 511 g/mol. The third-order valence-electron chi connectivity index (χ3n) is 5.40. The van der Waals surface area contributed by atoms with Gasteiger partial charge in [-0.15, -0.1) is 24.0 Å². The topological polar surface area (TPSA) is 51.2 Å². The van der Waals surface area contributed by atoms with E-state index in [-0.39, 0.29) is 29.9 Å². The molecular weight excluding hydrogens is 477 g/mol. The van der Waals surface area contributed by atoms with Crippen molar-refractivity contribution in [3.63, 3.8) is 0 Å². The third-order valence-corrected chi connectivity index (χ3v) is 5.40.